The van der Waals surface area contributed by atoms with Gasteiger partial charge in [-0.3, -0.25) is 9.69 Å². The molecule has 1 aliphatic heterocycles. The molecule has 0 saturated carbocycles. The van der Waals surface area contributed by atoms with Crippen LogP contribution in [0.15, 0.2) is 48.5 Å². The van der Waals surface area contributed by atoms with E-state index in [1.807, 2.05) is 0 Å². The molecule has 0 spiro atoms. The summed E-state index contributed by atoms with van der Waals surface area (Å²) in [7, 11) is 0. The third-order valence-electron chi connectivity index (χ3n) is 4.38. The normalized spacial score (nSPS) is 14.8. The van der Waals surface area contributed by atoms with Gasteiger partial charge in [-0.2, -0.15) is 5.26 Å². The Morgan fingerprint density at radius 3 is 2.60 bits per heavy atom. The van der Waals surface area contributed by atoms with Crippen molar-refractivity contribution in [1.82, 2.24) is 4.90 Å². The summed E-state index contributed by atoms with van der Waals surface area (Å²) < 4.78 is 0. The second-order valence-corrected chi connectivity index (χ2v) is 6.34. The third kappa shape index (κ3) is 4.59. The fourth-order valence-corrected chi connectivity index (χ4v) is 3.06. The molecule has 2 aromatic carbocycles. The maximum atomic E-state index is 12.2. The van der Waals surface area contributed by atoms with Crippen LogP contribution in [0.2, 0.25) is 0 Å². The lowest BCUT2D eigenvalue weighted by atomic mass is 10.2. The molecular formula is C20H22N4O. The highest BCUT2D eigenvalue weighted by molar-refractivity contribution is 5.92. The lowest BCUT2D eigenvalue weighted by Gasteiger charge is -2.35. The predicted molar refractivity (Wildman–Crippen MR) is 99.6 cm³/mol. The van der Waals surface area contributed by atoms with Gasteiger partial charge in [0, 0.05) is 37.6 Å². The van der Waals surface area contributed by atoms with Crippen molar-refractivity contribution in [3.63, 3.8) is 0 Å². The maximum absolute atomic E-state index is 12.2. The largest absolute Gasteiger partial charge is 0.369 e. The predicted octanol–water partition coefficient (Wildman–Crippen LogP) is 2.63. The number of rotatable bonds is 4. The molecule has 1 N–H and O–H groups in total. The van der Waals surface area contributed by atoms with Gasteiger partial charge < -0.3 is 10.2 Å². The highest BCUT2D eigenvalue weighted by Crippen LogP contribution is 2.18. The summed E-state index contributed by atoms with van der Waals surface area (Å²) >= 11 is 0. The summed E-state index contributed by atoms with van der Waals surface area (Å²) in [6.45, 7) is 6.03. The number of hydrogen-bond donors (Lipinski definition) is 1. The van der Waals surface area contributed by atoms with E-state index in [1.165, 1.54) is 11.3 Å². The smallest absolute Gasteiger partial charge is 0.238 e. The van der Waals surface area contributed by atoms with Gasteiger partial charge >= 0.3 is 0 Å². The maximum Gasteiger partial charge on any atom is 0.238 e. The molecule has 0 unspecified atom stereocenters. The van der Waals surface area contributed by atoms with E-state index in [9.17, 15) is 4.79 Å². The average Bonchev–Trinajstić information content (AvgIpc) is 2.62. The number of benzene rings is 2. The third-order valence-corrected chi connectivity index (χ3v) is 4.38. The van der Waals surface area contributed by atoms with Gasteiger partial charge in [-0.15, -0.1) is 0 Å². The molecule has 0 radical (unpaired) electrons. The number of hydrogen-bond acceptors (Lipinski definition) is 4. The molecule has 25 heavy (non-hydrogen) atoms. The van der Waals surface area contributed by atoms with Gasteiger partial charge in [0.15, 0.2) is 0 Å². The Labute approximate surface area is 148 Å². The van der Waals surface area contributed by atoms with E-state index in [1.54, 1.807) is 24.3 Å². The number of aryl methyl sites for hydroxylation is 1. The van der Waals surface area contributed by atoms with Gasteiger partial charge in [-0.05, 0) is 42.8 Å². The zero-order valence-corrected chi connectivity index (χ0v) is 14.4. The standard InChI is InChI=1S/C20H22N4O/c1-16-4-2-7-19(12-16)24-10-8-23(9-11-24)15-20(25)22-18-6-3-5-17(13-18)14-21/h2-7,12-13H,8-11,15H2,1H3,(H,22,25). The fourth-order valence-electron chi connectivity index (χ4n) is 3.06. The van der Waals surface area contributed by atoms with E-state index >= 15 is 0 Å². The first kappa shape index (κ1) is 17.0. The van der Waals surface area contributed by atoms with Crippen LogP contribution < -0.4 is 10.2 Å². The average molecular weight is 334 g/mol. The molecule has 128 valence electrons. The van der Waals surface area contributed by atoms with Gasteiger partial charge in [0.2, 0.25) is 5.91 Å². The quantitative estimate of drug-likeness (QED) is 0.934. The molecule has 0 aliphatic carbocycles. The van der Waals surface area contributed by atoms with Crippen LogP contribution >= 0.6 is 0 Å². The van der Waals surface area contributed by atoms with Crippen LogP contribution in [0.5, 0.6) is 0 Å². The van der Waals surface area contributed by atoms with Crippen LogP contribution in [0, 0.1) is 18.3 Å². The van der Waals surface area contributed by atoms with E-state index in [-0.39, 0.29) is 5.91 Å². The molecule has 0 aromatic heterocycles. The molecule has 0 atom stereocenters. The first-order chi connectivity index (χ1) is 12.1. The molecule has 0 bridgehead atoms. The number of nitrogens with one attached hydrogen (secondary N) is 1. The number of carbonyl (C=O) groups excluding carboxylic acids is 1. The summed E-state index contributed by atoms with van der Waals surface area (Å²) in [5, 5.41) is 11.8. The second kappa shape index (κ2) is 7.82. The Morgan fingerprint density at radius 1 is 1.12 bits per heavy atom. The summed E-state index contributed by atoms with van der Waals surface area (Å²) in [6.07, 6.45) is 0. The van der Waals surface area contributed by atoms with E-state index in [2.05, 4.69) is 52.4 Å². The number of carbonyl (C=O) groups is 1. The Balaban J connectivity index is 1.50. The van der Waals surface area contributed by atoms with Crippen molar-refractivity contribution in [2.45, 2.75) is 6.92 Å². The van der Waals surface area contributed by atoms with Gasteiger partial charge in [0.1, 0.15) is 0 Å². The van der Waals surface area contributed by atoms with Crippen molar-refractivity contribution in [2.75, 3.05) is 42.9 Å². The molecule has 5 heteroatoms. The first-order valence-electron chi connectivity index (χ1n) is 8.48. The molecule has 1 amide bonds. The summed E-state index contributed by atoms with van der Waals surface area (Å²) in [4.78, 5) is 16.7. The lowest BCUT2D eigenvalue weighted by Crippen LogP contribution is -2.48. The van der Waals surface area contributed by atoms with E-state index in [0.717, 1.165) is 26.2 Å². The second-order valence-electron chi connectivity index (χ2n) is 6.34. The van der Waals surface area contributed by atoms with Crippen molar-refractivity contribution in [3.05, 3.63) is 59.7 Å². The lowest BCUT2D eigenvalue weighted by molar-refractivity contribution is -0.117. The Kier molecular flexibility index (Phi) is 5.32. The number of nitriles is 1. The monoisotopic (exact) mass is 334 g/mol. The Morgan fingerprint density at radius 2 is 1.88 bits per heavy atom. The summed E-state index contributed by atoms with van der Waals surface area (Å²) in [5.41, 5.74) is 3.73. The van der Waals surface area contributed by atoms with Crippen LogP contribution in [0.4, 0.5) is 11.4 Å². The van der Waals surface area contributed by atoms with E-state index in [4.69, 9.17) is 5.26 Å². The minimum absolute atomic E-state index is 0.0425. The van der Waals surface area contributed by atoms with Crippen LogP contribution in [0.1, 0.15) is 11.1 Å². The highest BCUT2D eigenvalue weighted by atomic mass is 16.2. The van der Waals surface area contributed by atoms with Crippen molar-refractivity contribution in [2.24, 2.45) is 0 Å². The molecule has 1 aliphatic rings. The number of anilines is 2. The Hall–Kier alpha value is -2.84. The first-order valence-corrected chi connectivity index (χ1v) is 8.48. The topological polar surface area (TPSA) is 59.4 Å². The minimum Gasteiger partial charge on any atom is -0.369 e. The van der Waals surface area contributed by atoms with E-state index < -0.39 is 0 Å². The Bertz CT molecular complexity index is 788. The zero-order chi connectivity index (χ0) is 17.6. The number of amides is 1. The van der Waals surface area contributed by atoms with Crippen molar-refractivity contribution in [3.8, 4) is 6.07 Å². The minimum atomic E-state index is -0.0425. The molecule has 1 fully saturated rings. The summed E-state index contributed by atoms with van der Waals surface area (Å²) in [5.74, 6) is -0.0425. The van der Waals surface area contributed by atoms with Gasteiger partial charge in [-0.25, -0.2) is 0 Å². The number of nitrogens with zero attached hydrogens (tertiary/aromatic N) is 3. The molecule has 1 saturated heterocycles. The van der Waals surface area contributed by atoms with Crippen LogP contribution in [-0.2, 0) is 4.79 Å². The SMILES string of the molecule is Cc1cccc(N2CCN(CC(=O)Nc3cccc(C#N)c3)CC2)c1. The van der Waals surface area contributed by atoms with Crippen LogP contribution in [-0.4, -0.2) is 43.5 Å². The molecule has 5 nitrogen and oxygen atoms in total. The molecule has 1 heterocycles. The van der Waals surface area contributed by atoms with Crippen molar-refractivity contribution in [1.29, 1.82) is 5.26 Å². The summed E-state index contributed by atoms with van der Waals surface area (Å²) in [6, 6.07) is 17.6. The number of piperazine rings is 1. The van der Waals surface area contributed by atoms with Crippen molar-refractivity contribution < 1.29 is 4.79 Å². The molecular weight excluding hydrogens is 312 g/mol. The van der Waals surface area contributed by atoms with Gasteiger partial charge in [0.05, 0.1) is 18.2 Å². The highest BCUT2D eigenvalue weighted by Gasteiger charge is 2.19. The van der Waals surface area contributed by atoms with Crippen LogP contribution in [0.3, 0.4) is 0 Å². The van der Waals surface area contributed by atoms with Crippen LogP contribution in [0.25, 0.3) is 0 Å². The fraction of sp³-hybridized carbons (Fsp3) is 0.300. The van der Waals surface area contributed by atoms with Gasteiger partial charge in [-0.1, -0.05) is 18.2 Å². The molecule has 3 rings (SSSR count). The van der Waals surface area contributed by atoms with E-state index in [0.29, 0.717) is 17.8 Å². The van der Waals surface area contributed by atoms with Gasteiger partial charge in [0.25, 0.3) is 0 Å². The zero-order valence-electron chi connectivity index (χ0n) is 14.4. The molecule has 2 aromatic rings. The van der Waals surface area contributed by atoms with Crippen molar-refractivity contribution >= 4 is 17.3 Å².